The molecule has 2 N–H and O–H groups in total. The Hall–Kier alpha value is -1.74. The molecule has 0 fully saturated rings. The van der Waals surface area contributed by atoms with E-state index >= 15 is 0 Å². The van der Waals surface area contributed by atoms with Gasteiger partial charge in [-0.05, 0) is 42.3 Å². The van der Waals surface area contributed by atoms with E-state index in [-0.39, 0.29) is 29.4 Å². The number of hydrogen-bond donors (Lipinski definition) is 2. The molecule has 0 aromatic heterocycles. The second-order valence-corrected chi connectivity index (χ2v) is 10.1. The Morgan fingerprint density at radius 3 is 2.41 bits per heavy atom. The topological polar surface area (TPSA) is 84.5 Å². The SMILES string of the molecule is COCCNS(=O)(=O)c1ccc(C)c(C(=O)NCC(C)(C)c2ccc(Br)cc2)c1. The van der Waals surface area contributed by atoms with Gasteiger partial charge in [-0.2, -0.15) is 0 Å². The summed E-state index contributed by atoms with van der Waals surface area (Å²) < 4.78 is 33.2. The van der Waals surface area contributed by atoms with Crippen LogP contribution in [-0.2, 0) is 20.2 Å². The third kappa shape index (κ3) is 6.37. The molecule has 0 atom stereocenters. The van der Waals surface area contributed by atoms with Gasteiger partial charge in [0.05, 0.1) is 11.5 Å². The quantitative estimate of drug-likeness (QED) is 0.536. The molecule has 0 unspecified atom stereocenters. The Bertz CT molecular complexity index is 957. The Balaban J connectivity index is 2.15. The van der Waals surface area contributed by atoms with E-state index in [0.29, 0.717) is 17.7 Å². The van der Waals surface area contributed by atoms with Crippen molar-refractivity contribution in [2.24, 2.45) is 0 Å². The van der Waals surface area contributed by atoms with Crippen molar-refractivity contribution in [2.45, 2.75) is 31.1 Å². The molecule has 0 heterocycles. The summed E-state index contributed by atoms with van der Waals surface area (Å²) in [5, 5.41) is 2.94. The zero-order chi connectivity index (χ0) is 21.7. The van der Waals surface area contributed by atoms with Crippen LogP contribution in [0.25, 0.3) is 0 Å². The van der Waals surface area contributed by atoms with Crippen molar-refractivity contribution < 1.29 is 17.9 Å². The summed E-state index contributed by atoms with van der Waals surface area (Å²) in [6.07, 6.45) is 0. The molecule has 158 valence electrons. The minimum atomic E-state index is -3.71. The van der Waals surface area contributed by atoms with Crippen molar-refractivity contribution in [2.75, 3.05) is 26.8 Å². The van der Waals surface area contributed by atoms with E-state index in [4.69, 9.17) is 4.74 Å². The van der Waals surface area contributed by atoms with E-state index in [0.717, 1.165) is 10.0 Å². The highest BCUT2D eigenvalue weighted by Gasteiger charge is 2.23. The van der Waals surface area contributed by atoms with Crippen LogP contribution in [0.5, 0.6) is 0 Å². The van der Waals surface area contributed by atoms with Crippen molar-refractivity contribution >= 4 is 31.9 Å². The van der Waals surface area contributed by atoms with Gasteiger partial charge < -0.3 is 10.1 Å². The standard InChI is InChI=1S/C21H27BrN2O4S/c1-15-5-10-18(29(26,27)24-11-12-28-4)13-19(15)20(25)23-14-21(2,3)16-6-8-17(22)9-7-16/h5-10,13,24H,11-12,14H2,1-4H3,(H,23,25). The lowest BCUT2D eigenvalue weighted by Crippen LogP contribution is -2.37. The van der Waals surface area contributed by atoms with Crippen molar-refractivity contribution in [3.63, 3.8) is 0 Å². The number of ether oxygens (including phenoxy) is 1. The number of sulfonamides is 1. The van der Waals surface area contributed by atoms with Gasteiger partial charge >= 0.3 is 0 Å². The second-order valence-electron chi connectivity index (χ2n) is 7.44. The van der Waals surface area contributed by atoms with E-state index < -0.39 is 10.0 Å². The number of aryl methyl sites for hydroxylation is 1. The summed E-state index contributed by atoms with van der Waals surface area (Å²) in [5.74, 6) is -0.304. The number of amides is 1. The molecule has 0 spiro atoms. The zero-order valence-corrected chi connectivity index (χ0v) is 19.5. The summed E-state index contributed by atoms with van der Waals surface area (Å²) in [7, 11) is -2.21. The molecule has 0 aliphatic carbocycles. The molecule has 2 aromatic carbocycles. The summed E-state index contributed by atoms with van der Waals surface area (Å²) in [5.41, 5.74) is 1.86. The maximum atomic E-state index is 12.8. The van der Waals surface area contributed by atoms with Crippen LogP contribution in [0.1, 0.15) is 35.3 Å². The Morgan fingerprint density at radius 1 is 1.14 bits per heavy atom. The highest BCUT2D eigenvalue weighted by atomic mass is 79.9. The molecule has 8 heteroatoms. The Morgan fingerprint density at radius 2 is 1.79 bits per heavy atom. The fourth-order valence-electron chi connectivity index (χ4n) is 2.77. The summed E-state index contributed by atoms with van der Waals surface area (Å²) in [6, 6.07) is 12.5. The van der Waals surface area contributed by atoms with Crippen molar-refractivity contribution in [3.05, 3.63) is 63.6 Å². The lowest BCUT2D eigenvalue weighted by molar-refractivity contribution is 0.0945. The molecule has 2 rings (SSSR count). The third-order valence-electron chi connectivity index (χ3n) is 4.68. The van der Waals surface area contributed by atoms with E-state index in [9.17, 15) is 13.2 Å². The molecule has 0 saturated carbocycles. The lowest BCUT2D eigenvalue weighted by atomic mass is 9.84. The van der Waals surface area contributed by atoms with Gasteiger partial charge in [-0.1, -0.05) is 48.0 Å². The molecule has 2 aromatic rings. The van der Waals surface area contributed by atoms with Gasteiger partial charge in [0, 0.05) is 35.7 Å². The molecule has 0 aliphatic rings. The highest BCUT2D eigenvalue weighted by molar-refractivity contribution is 9.10. The van der Waals surface area contributed by atoms with E-state index in [2.05, 4.69) is 26.0 Å². The zero-order valence-electron chi connectivity index (χ0n) is 17.1. The number of hydrogen-bond acceptors (Lipinski definition) is 4. The minimum absolute atomic E-state index is 0.0523. The highest BCUT2D eigenvalue weighted by Crippen LogP contribution is 2.24. The van der Waals surface area contributed by atoms with E-state index in [1.807, 2.05) is 38.1 Å². The number of benzene rings is 2. The first-order valence-electron chi connectivity index (χ1n) is 9.20. The van der Waals surface area contributed by atoms with Crippen molar-refractivity contribution in [1.29, 1.82) is 0 Å². The van der Waals surface area contributed by atoms with Gasteiger partial charge in [0.15, 0.2) is 0 Å². The average molecular weight is 483 g/mol. The smallest absolute Gasteiger partial charge is 0.251 e. The lowest BCUT2D eigenvalue weighted by Gasteiger charge is -2.26. The first-order valence-corrected chi connectivity index (χ1v) is 11.5. The first kappa shape index (κ1) is 23.5. The number of carbonyl (C=O) groups excluding carboxylic acids is 1. The summed E-state index contributed by atoms with van der Waals surface area (Å²) >= 11 is 3.42. The van der Waals surface area contributed by atoms with Gasteiger partial charge in [0.1, 0.15) is 0 Å². The van der Waals surface area contributed by atoms with Crippen LogP contribution >= 0.6 is 15.9 Å². The molecule has 1 amide bonds. The van der Waals surface area contributed by atoms with Gasteiger partial charge in [-0.25, -0.2) is 13.1 Å². The Labute approximate surface area is 181 Å². The molecule has 0 aliphatic heterocycles. The summed E-state index contributed by atoms with van der Waals surface area (Å²) in [4.78, 5) is 12.8. The molecule has 0 saturated heterocycles. The maximum absolute atomic E-state index is 12.8. The normalized spacial score (nSPS) is 12.0. The fraction of sp³-hybridized carbons (Fsp3) is 0.381. The summed E-state index contributed by atoms with van der Waals surface area (Å²) in [6.45, 7) is 6.71. The predicted molar refractivity (Wildman–Crippen MR) is 118 cm³/mol. The molecular weight excluding hydrogens is 456 g/mol. The van der Waals surface area contributed by atoms with Gasteiger partial charge in [0.25, 0.3) is 5.91 Å². The van der Waals surface area contributed by atoms with Crippen LogP contribution in [0.3, 0.4) is 0 Å². The van der Waals surface area contributed by atoms with E-state index in [1.165, 1.54) is 19.2 Å². The van der Waals surface area contributed by atoms with Crippen molar-refractivity contribution in [3.8, 4) is 0 Å². The minimum Gasteiger partial charge on any atom is -0.383 e. The monoisotopic (exact) mass is 482 g/mol. The largest absolute Gasteiger partial charge is 0.383 e. The van der Waals surface area contributed by atoms with Gasteiger partial charge in [0.2, 0.25) is 10.0 Å². The number of nitrogens with one attached hydrogen (secondary N) is 2. The van der Waals surface area contributed by atoms with E-state index in [1.54, 1.807) is 13.0 Å². The molecular formula is C21H27BrN2O4S. The van der Waals surface area contributed by atoms with Gasteiger partial charge in [-0.3, -0.25) is 4.79 Å². The molecule has 29 heavy (non-hydrogen) atoms. The Kier molecular flexibility index (Phi) is 7.99. The van der Waals surface area contributed by atoms with Crippen LogP contribution in [0.2, 0.25) is 0 Å². The molecule has 6 nitrogen and oxygen atoms in total. The van der Waals surface area contributed by atoms with Crippen molar-refractivity contribution in [1.82, 2.24) is 10.0 Å². The second kappa shape index (κ2) is 9.84. The van der Waals surface area contributed by atoms with Crippen LogP contribution < -0.4 is 10.0 Å². The van der Waals surface area contributed by atoms with Gasteiger partial charge in [-0.15, -0.1) is 0 Å². The number of methoxy groups -OCH3 is 1. The number of carbonyl (C=O) groups is 1. The molecule has 0 radical (unpaired) electrons. The first-order chi connectivity index (χ1) is 13.6. The maximum Gasteiger partial charge on any atom is 0.251 e. The van der Waals surface area contributed by atoms with Crippen LogP contribution in [-0.4, -0.2) is 41.1 Å². The fourth-order valence-corrected chi connectivity index (χ4v) is 4.08. The van der Waals surface area contributed by atoms with Crippen LogP contribution in [0, 0.1) is 6.92 Å². The number of rotatable bonds is 9. The average Bonchev–Trinajstić information content (AvgIpc) is 2.67. The predicted octanol–water partition coefficient (Wildman–Crippen LogP) is 3.39. The number of halogens is 1. The third-order valence-corrected chi connectivity index (χ3v) is 6.67. The van der Waals surface area contributed by atoms with Crippen LogP contribution in [0.15, 0.2) is 51.8 Å². The molecule has 0 bridgehead atoms. The van der Waals surface area contributed by atoms with Crippen LogP contribution in [0.4, 0.5) is 0 Å².